The molecule has 4 nitrogen and oxygen atoms in total. The Kier molecular flexibility index (Phi) is 4.37. The summed E-state index contributed by atoms with van der Waals surface area (Å²) in [7, 11) is 0. The zero-order valence-electron chi connectivity index (χ0n) is 11.1. The lowest BCUT2D eigenvalue weighted by Crippen LogP contribution is -2.49. The van der Waals surface area contributed by atoms with Crippen LogP contribution in [-0.2, 0) is 9.53 Å². The Morgan fingerprint density at radius 2 is 2.00 bits per heavy atom. The SMILES string of the molecule is C[C@H]1CN(C(=O)COc2ccccc2F)C[C@H](C)O1. The Morgan fingerprint density at radius 1 is 1.37 bits per heavy atom. The smallest absolute Gasteiger partial charge is 0.260 e. The Morgan fingerprint density at radius 3 is 2.63 bits per heavy atom. The highest BCUT2D eigenvalue weighted by molar-refractivity contribution is 5.78. The summed E-state index contributed by atoms with van der Waals surface area (Å²) in [5, 5.41) is 0. The average molecular weight is 267 g/mol. The van der Waals surface area contributed by atoms with Gasteiger partial charge in [-0.15, -0.1) is 0 Å². The van der Waals surface area contributed by atoms with Crippen LogP contribution in [0.15, 0.2) is 24.3 Å². The summed E-state index contributed by atoms with van der Waals surface area (Å²) >= 11 is 0. The van der Waals surface area contributed by atoms with E-state index in [1.807, 2.05) is 13.8 Å². The van der Waals surface area contributed by atoms with Crippen LogP contribution in [0, 0.1) is 5.82 Å². The van der Waals surface area contributed by atoms with E-state index in [0.717, 1.165) is 0 Å². The zero-order chi connectivity index (χ0) is 13.8. The van der Waals surface area contributed by atoms with Gasteiger partial charge in [0.1, 0.15) is 0 Å². The molecule has 0 aromatic heterocycles. The van der Waals surface area contributed by atoms with E-state index in [2.05, 4.69) is 0 Å². The molecule has 0 bridgehead atoms. The molecule has 0 N–H and O–H groups in total. The quantitative estimate of drug-likeness (QED) is 0.839. The van der Waals surface area contributed by atoms with Crippen molar-refractivity contribution in [2.24, 2.45) is 0 Å². The third-order valence-electron chi connectivity index (χ3n) is 2.96. The molecule has 1 saturated heterocycles. The number of carbonyl (C=O) groups is 1. The van der Waals surface area contributed by atoms with Crippen LogP contribution in [-0.4, -0.2) is 42.7 Å². The Balaban J connectivity index is 1.89. The molecule has 0 aliphatic carbocycles. The van der Waals surface area contributed by atoms with Crippen LogP contribution < -0.4 is 4.74 Å². The van der Waals surface area contributed by atoms with E-state index in [1.54, 1.807) is 17.0 Å². The van der Waals surface area contributed by atoms with Crippen LogP contribution in [0.1, 0.15) is 13.8 Å². The summed E-state index contributed by atoms with van der Waals surface area (Å²) < 4.78 is 24.1. The summed E-state index contributed by atoms with van der Waals surface area (Å²) in [5.41, 5.74) is 0. The van der Waals surface area contributed by atoms with Gasteiger partial charge in [0, 0.05) is 13.1 Å². The molecule has 0 unspecified atom stereocenters. The normalized spacial score (nSPS) is 23.2. The molecular formula is C14H18FNO3. The number of hydrogen-bond acceptors (Lipinski definition) is 3. The van der Waals surface area contributed by atoms with Gasteiger partial charge in [-0.3, -0.25) is 4.79 Å². The number of ether oxygens (including phenoxy) is 2. The molecule has 1 heterocycles. The van der Waals surface area contributed by atoms with E-state index >= 15 is 0 Å². The molecule has 0 saturated carbocycles. The third kappa shape index (κ3) is 3.67. The van der Waals surface area contributed by atoms with Crippen LogP contribution in [0.25, 0.3) is 0 Å². The van der Waals surface area contributed by atoms with E-state index in [1.165, 1.54) is 12.1 Å². The minimum atomic E-state index is -0.459. The van der Waals surface area contributed by atoms with Crippen molar-refractivity contribution in [3.8, 4) is 5.75 Å². The molecule has 2 rings (SSSR count). The standard InChI is InChI=1S/C14H18FNO3/c1-10-7-16(8-11(2)19-10)14(17)9-18-13-6-4-3-5-12(13)15/h3-6,10-11H,7-9H2,1-2H3/t10-,11-/m0/s1. The van der Waals surface area contributed by atoms with Crippen molar-refractivity contribution in [3.05, 3.63) is 30.1 Å². The van der Waals surface area contributed by atoms with E-state index in [-0.39, 0.29) is 30.5 Å². The van der Waals surface area contributed by atoms with E-state index in [4.69, 9.17) is 9.47 Å². The largest absolute Gasteiger partial charge is 0.481 e. The Hall–Kier alpha value is -1.62. The van der Waals surface area contributed by atoms with Crippen LogP contribution in [0.4, 0.5) is 4.39 Å². The van der Waals surface area contributed by atoms with Crippen LogP contribution in [0.2, 0.25) is 0 Å². The molecule has 5 heteroatoms. The van der Waals surface area contributed by atoms with Crippen LogP contribution >= 0.6 is 0 Å². The summed E-state index contributed by atoms with van der Waals surface area (Å²) in [4.78, 5) is 13.7. The molecule has 19 heavy (non-hydrogen) atoms. The Labute approximate surface area is 112 Å². The van der Waals surface area contributed by atoms with Crippen molar-refractivity contribution in [3.63, 3.8) is 0 Å². The highest BCUT2D eigenvalue weighted by Crippen LogP contribution is 2.16. The first kappa shape index (κ1) is 13.8. The maximum absolute atomic E-state index is 13.3. The highest BCUT2D eigenvalue weighted by Gasteiger charge is 2.26. The minimum Gasteiger partial charge on any atom is -0.481 e. The molecule has 1 aromatic carbocycles. The van der Waals surface area contributed by atoms with Crippen molar-refractivity contribution in [2.45, 2.75) is 26.1 Å². The van der Waals surface area contributed by atoms with Crippen LogP contribution in [0.5, 0.6) is 5.75 Å². The second kappa shape index (κ2) is 6.02. The topological polar surface area (TPSA) is 38.8 Å². The highest BCUT2D eigenvalue weighted by atomic mass is 19.1. The first-order valence-electron chi connectivity index (χ1n) is 6.37. The summed E-state index contributed by atoms with van der Waals surface area (Å²) in [6.45, 7) is 4.79. The van der Waals surface area contributed by atoms with E-state index in [0.29, 0.717) is 13.1 Å². The first-order chi connectivity index (χ1) is 9.06. The fourth-order valence-electron chi connectivity index (χ4n) is 2.17. The number of rotatable bonds is 3. The molecular weight excluding hydrogens is 249 g/mol. The number of amides is 1. The maximum atomic E-state index is 13.3. The predicted octanol–water partition coefficient (Wildman–Crippen LogP) is 1.84. The van der Waals surface area contributed by atoms with Crippen molar-refractivity contribution in [2.75, 3.05) is 19.7 Å². The second-order valence-electron chi connectivity index (χ2n) is 4.78. The number of carbonyl (C=O) groups excluding carboxylic acids is 1. The summed E-state index contributed by atoms with van der Waals surface area (Å²) in [5.74, 6) is -0.505. The van der Waals surface area contributed by atoms with Crippen LogP contribution in [0.3, 0.4) is 0 Å². The molecule has 104 valence electrons. The third-order valence-corrected chi connectivity index (χ3v) is 2.96. The molecule has 1 aromatic rings. The van der Waals surface area contributed by atoms with Gasteiger partial charge >= 0.3 is 0 Å². The predicted molar refractivity (Wildman–Crippen MR) is 68.5 cm³/mol. The van der Waals surface area contributed by atoms with Gasteiger partial charge < -0.3 is 14.4 Å². The second-order valence-corrected chi connectivity index (χ2v) is 4.78. The number of morpholine rings is 1. The lowest BCUT2D eigenvalue weighted by molar-refractivity contribution is -0.145. The average Bonchev–Trinajstić information content (AvgIpc) is 2.36. The number of nitrogens with zero attached hydrogens (tertiary/aromatic N) is 1. The molecule has 2 atom stereocenters. The van der Waals surface area contributed by atoms with Crippen molar-refractivity contribution < 1.29 is 18.7 Å². The molecule has 1 aliphatic heterocycles. The Bertz CT molecular complexity index is 442. The lowest BCUT2D eigenvalue weighted by Gasteiger charge is -2.35. The van der Waals surface area contributed by atoms with Gasteiger partial charge in [0.05, 0.1) is 12.2 Å². The van der Waals surface area contributed by atoms with Crippen molar-refractivity contribution in [1.29, 1.82) is 0 Å². The van der Waals surface area contributed by atoms with Gasteiger partial charge in [0.25, 0.3) is 5.91 Å². The van der Waals surface area contributed by atoms with E-state index < -0.39 is 5.82 Å². The molecule has 0 radical (unpaired) electrons. The van der Waals surface area contributed by atoms with E-state index in [9.17, 15) is 9.18 Å². The number of benzene rings is 1. The van der Waals surface area contributed by atoms with Gasteiger partial charge in [-0.1, -0.05) is 12.1 Å². The maximum Gasteiger partial charge on any atom is 0.260 e. The number of hydrogen-bond donors (Lipinski definition) is 0. The number of halogens is 1. The summed E-state index contributed by atoms with van der Waals surface area (Å²) in [6, 6.07) is 6.06. The monoisotopic (exact) mass is 267 g/mol. The molecule has 1 aliphatic rings. The summed E-state index contributed by atoms with van der Waals surface area (Å²) in [6.07, 6.45) is 0.0299. The van der Waals surface area contributed by atoms with Crippen molar-refractivity contribution >= 4 is 5.91 Å². The van der Waals surface area contributed by atoms with Gasteiger partial charge in [-0.25, -0.2) is 4.39 Å². The fraction of sp³-hybridized carbons (Fsp3) is 0.500. The van der Waals surface area contributed by atoms with Gasteiger partial charge in [0.2, 0.25) is 0 Å². The minimum absolute atomic E-state index is 0.0150. The van der Waals surface area contributed by atoms with Gasteiger partial charge in [-0.05, 0) is 26.0 Å². The van der Waals surface area contributed by atoms with Crippen molar-refractivity contribution in [1.82, 2.24) is 4.90 Å². The molecule has 1 amide bonds. The lowest BCUT2D eigenvalue weighted by atomic mass is 10.2. The fourth-order valence-corrected chi connectivity index (χ4v) is 2.17. The molecule has 0 spiro atoms. The first-order valence-corrected chi connectivity index (χ1v) is 6.37. The molecule has 1 fully saturated rings. The zero-order valence-corrected chi connectivity index (χ0v) is 11.1. The number of para-hydroxylation sites is 1. The van der Waals surface area contributed by atoms with Gasteiger partial charge in [0.15, 0.2) is 18.2 Å². The van der Waals surface area contributed by atoms with Gasteiger partial charge in [-0.2, -0.15) is 0 Å².